The van der Waals surface area contributed by atoms with E-state index < -0.39 is 0 Å². The second kappa shape index (κ2) is 16.2. The summed E-state index contributed by atoms with van der Waals surface area (Å²) in [6.45, 7) is 5.55. The van der Waals surface area contributed by atoms with E-state index >= 15 is 0 Å². The average Bonchev–Trinajstić information content (AvgIpc) is 3.35. The summed E-state index contributed by atoms with van der Waals surface area (Å²) in [4.78, 5) is 1.26. The Morgan fingerprint density at radius 1 is 0.974 bits per heavy atom. The van der Waals surface area contributed by atoms with Gasteiger partial charge >= 0.3 is 0 Å². The molecule has 0 saturated carbocycles. The highest BCUT2D eigenvalue weighted by atomic mass is 32.2. The lowest BCUT2D eigenvalue weighted by Gasteiger charge is -2.31. The molecule has 8 heteroatoms. The predicted octanol–water partition coefficient (Wildman–Crippen LogP) is 5.34. The van der Waals surface area contributed by atoms with Crippen LogP contribution in [0.25, 0.3) is 16.6 Å². The molecule has 1 aliphatic heterocycles. The second-order valence-electron chi connectivity index (χ2n) is 10.00. The zero-order valence-electron chi connectivity index (χ0n) is 22.6. The molecular weight excluding hydrogens is 496 g/mol. The van der Waals surface area contributed by atoms with Crippen LogP contribution in [0.4, 0.5) is 0 Å². The fourth-order valence-corrected chi connectivity index (χ4v) is 5.98. The normalized spacial score (nSPS) is 15.0. The van der Waals surface area contributed by atoms with Crippen molar-refractivity contribution in [2.75, 3.05) is 46.1 Å². The first-order chi connectivity index (χ1) is 18.8. The van der Waals surface area contributed by atoms with E-state index in [1.807, 2.05) is 28.9 Å². The summed E-state index contributed by atoms with van der Waals surface area (Å²) < 4.78 is 16.3. The molecule has 1 fully saturated rings. The van der Waals surface area contributed by atoms with E-state index in [9.17, 15) is 5.11 Å². The number of pyridine rings is 1. The van der Waals surface area contributed by atoms with Gasteiger partial charge in [-0.2, -0.15) is 5.10 Å². The molecule has 4 rings (SSSR count). The maximum atomic E-state index is 9.39. The average molecular weight is 541 g/mol. The van der Waals surface area contributed by atoms with Gasteiger partial charge in [0.1, 0.15) is 0 Å². The van der Waals surface area contributed by atoms with Crippen LogP contribution in [-0.2, 0) is 15.9 Å². The van der Waals surface area contributed by atoms with E-state index in [0.717, 1.165) is 89.1 Å². The van der Waals surface area contributed by atoms with Gasteiger partial charge in [0.2, 0.25) is 0 Å². The molecular formula is C30H44N4O3S. The van der Waals surface area contributed by atoms with Crippen molar-refractivity contribution in [2.45, 2.75) is 68.8 Å². The number of benzene rings is 1. The Balaban J connectivity index is 1.17. The number of fused-ring (bicyclic) bond motifs is 1. The molecule has 0 amide bonds. The maximum Gasteiger partial charge on any atom is 0.0700 e. The number of hydrogen-bond acceptors (Lipinski definition) is 7. The maximum absolute atomic E-state index is 9.39. The lowest BCUT2D eigenvalue weighted by atomic mass is 10.1. The molecule has 3 heterocycles. The predicted molar refractivity (Wildman–Crippen MR) is 155 cm³/mol. The van der Waals surface area contributed by atoms with E-state index in [4.69, 9.17) is 15.2 Å². The number of nitrogens with zero attached hydrogens (tertiary/aromatic N) is 3. The smallest absolute Gasteiger partial charge is 0.0700 e. The lowest BCUT2D eigenvalue weighted by Crippen LogP contribution is -2.33. The van der Waals surface area contributed by atoms with Crippen molar-refractivity contribution in [3.05, 3.63) is 54.4 Å². The van der Waals surface area contributed by atoms with Gasteiger partial charge in [0.25, 0.3) is 0 Å². The number of piperidine rings is 1. The number of rotatable bonds is 17. The monoisotopic (exact) mass is 540 g/mol. The van der Waals surface area contributed by atoms with Crippen LogP contribution in [0.5, 0.6) is 0 Å². The largest absolute Gasteiger partial charge is 0.396 e. The van der Waals surface area contributed by atoms with Crippen LogP contribution in [0.15, 0.2) is 53.7 Å². The van der Waals surface area contributed by atoms with Crippen LogP contribution >= 0.6 is 11.9 Å². The number of ether oxygens (including phenoxy) is 2. The Bertz CT molecular complexity index is 1080. The highest BCUT2D eigenvalue weighted by Crippen LogP contribution is 2.35. The lowest BCUT2D eigenvalue weighted by molar-refractivity contribution is 0.0197. The number of aliphatic hydroxyl groups excluding tert-OH is 1. The molecule has 208 valence electrons. The zero-order valence-corrected chi connectivity index (χ0v) is 23.4. The molecule has 3 N–H and O–H groups in total. The molecule has 1 aromatic carbocycles. The van der Waals surface area contributed by atoms with Crippen molar-refractivity contribution < 1.29 is 14.6 Å². The summed E-state index contributed by atoms with van der Waals surface area (Å²) in [6.07, 6.45) is 13.8. The SMILES string of the molecule is NCCCCCOCCCCCOC1CCN(Sc2ccccc2-c2ccn3ncc(CCO)c3c2)CC1. The van der Waals surface area contributed by atoms with Crippen molar-refractivity contribution in [1.82, 2.24) is 13.9 Å². The summed E-state index contributed by atoms with van der Waals surface area (Å²) in [5.41, 5.74) is 10.0. The van der Waals surface area contributed by atoms with Gasteiger partial charge in [0, 0.05) is 56.2 Å². The molecule has 3 aromatic rings. The van der Waals surface area contributed by atoms with Gasteiger partial charge in [-0.15, -0.1) is 0 Å². The van der Waals surface area contributed by atoms with Crippen molar-refractivity contribution in [3.8, 4) is 11.1 Å². The molecule has 1 aliphatic rings. The fourth-order valence-electron chi connectivity index (χ4n) is 4.89. The summed E-state index contributed by atoms with van der Waals surface area (Å²) in [6, 6.07) is 12.9. The van der Waals surface area contributed by atoms with Gasteiger partial charge in [-0.3, -0.25) is 0 Å². The number of aromatic nitrogens is 2. The fraction of sp³-hybridized carbons (Fsp3) is 0.567. The quantitative estimate of drug-likeness (QED) is 0.177. The minimum Gasteiger partial charge on any atom is -0.396 e. The second-order valence-corrected chi connectivity index (χ2v) is 11.1. The Morgan fingerprint density at radius 3 is 2.53 bits per heavy atom. The summed E-state index contributed by atoms with van der Waals surface area (Å²) >= 11 is 1.85. The molecule has 1 saturated heterocycles. The van der Waals surface area contributed by atoms with Crippen LogP contribution in [0.3, 0.4) is 0 Å². The van der Waals surface area contributed by atoms with Crippen LogP contribution in [0.2, 0.25) is 0 Å². The highest BCUT2D eigenvalue weighted by Gasteiger charge is 2.21. The molecule has 2 aromatic heterocycles. The van der Waals surface area contributed by atoms with E-state index in [1.165, 1.54) is 28.9 Å². The Morgan fingerprint density at radius 2 is 1.74 bits per heavy atom. The number of hydrogen-bond donors (Lipinski definition) is 2. The van der Waals surface area contributed by atoms with Gasteiger partial charge in [0.15, 0.2) is 0 Å². The minimum absolute atomic E-state index is 0.128. The van der Waals surface area contributed by atoms with Crippen LogP contribution < -0.4 is 5.73 Å². The minimum atomic E-state index is 0.128. The van der Waals surface area contributed by atoms with E-state index in [-0.39, 0.29) is 6.61 Å². The molecule has 0 atom stereocenters. The molecule has 0 bridgehead atoms. The zero-order chi connectivity index (χ0) is 26.4. The third kappa shape index (κ3) is 8.79. The summed E-state index contributed by atoms with van der Waals surface area (Å²) in [5, 5.41) is 13.8. The van der Waals surface area contributed by atoms with Crippen molar-refractivity contribution in [3.63, 3.8) is 0 Å². The molecule has 0 aliphatic carbocycles. The van der Waals surface area contributed by atoms with E-state index in [1.54, 1.807) is 0 Å². The Labute approximate surface area is 231 Å². The van der Waals surface area contributed by atoms with E-state index in [2.05, 4.69) is 45.8 Å². The molecule has 0 spiro atoms. The number of aliphatic hydroxyl groups is 1. The third-order valence-electron chi connectivity index (χ3n) is 7.09. The van der Waals surface area contributed by atoms with Crippen molar-refractivity contribution in [1.29, 1.82) is 0 Å². The van der Waals surface area contributed by atoms with Crippen LogP contribution in [-0.4, -0.2) is 71.2 Å². The topological polar surface area (TPSA) is 85.3 Å². The van der Waals surface area contributed by atoms with E-state index in [0.29, 0.717) is 12.5 Å². The van der Waals surface area contributed by atoms with Crippen LogP contribution in [0.1, 0.15) is 56.9 Å². The van der Waals surface area contributed by atoms with Gasteiger partial charge in [0.05, 0.1) is 17.8 Å². The van der Waals surface area contributed by atoms with Crippen LogP contribution in [0, 0.1) is 0 Å². The molecule has 38 heavy (non-hydrogen) atoms. The summed E-state index contributed by atoms with van der Waals surface area (Å²) in [5.74, 6) is 0. The Hall–Kier alpha value is -1.94. The first-order valence-electron chi connectivity index (χ1n) is 14.3. The number of nitrogens with two attached hydrogens (primary N) is 1. The first-order valence-corrected chi connectivity index (χ1v) is 15.0. The van der Waals surface area contributed by atoms with Crippen molar-refractivity contribution >= 4 is 17.5 Å². The first kappa shape index (κ1) is 29.1. The van der Waals surface area contributed by atoms with Gasteiger partial charge < -0.3 is 20.3 Å². The number of unbranched alkanes of at least 4 members (excludes halogenated alkanes) is 4. The Kier molecular flexibility index (Phi) is 12.4. The van der Waals surface area contributed by atoms with Crippen molar-refractivity contribution in [2.24, 2.45) is 5.73 Å². The molecule has 0 unspecified atom stereocenters. The van der Waals surface area contributed by atoms with Gasteiger partial charge in [-0.25, -0.2) is 8.82 Å². The highest BCUT2D eigenvalue weighted by molar-refractivity contribution is 7.97. The summed E-state index contributed by atoms with van der Waals surface area (Å²) in [7, 11) is 0. The van der Waals surface area contributed by atoms with Gasteiger partial charge in [-0.1, -0.05) is 18.2 Å². The standard InChI is InChI=1S/C30H44N4O3S/c31-15-5-1-6-20-36-21-7-2-8-22-37-27-12-16-33(17-13-27)38-30-10-4-3-9-28(30)25-11-18-34-29(23-25)26(14-19-35)24-32-34/h3-4,9-11,18,23-24,27,35H,1-2,5-8,12-17,19-22,31H2. The molecule has 7 nitrogen and oxygen atoms in total. The third-order valence-corrected chi connectivity index (χ3v) is 8.26. The molecule has 0 radical (unpaired) electrons. The van der Waals surface area contributed by atoms with Gasteiger partial charge in [-0.05, 0) is 106 Å².